The average molecular weight is 431 g/mol. The predicted octanol–water partition coefficient (Wildman–Crippen LogP) is 6.04. The molecule has 4 aromatic rings. The molecule has 0 bridgehead atoms. The van der Waals surface area contributed by atoms with Crippen molar-refractivity contribution in [1.82, 2.24) is 9.97 Å². The molecule has 0 saturated carbocycles. The summed E-state index contributed by atoms with van der Waals surface area (Å²) in [6.07, 6.45) is 1.56. The summed E-state index contributed by atoms with van der Waals surface area (Å²) < 4.78 is 0. The Hall–Kier alpha value is -4.68. The minimum absolute atomic E-state index is 0.386. The lowest BCUT2D eigenvalue weighted by molar-refractivity contribution is 1.22. The van der Waals surface area contributed by atoms with E-state index >= 15 is 0 Å². The first kappa shape index (κ1) is 21.5. The normalized spacial score (nSPS) is 11.1. The molecule has 1 heterocycles. The predicted molar refractivity (Wildman–Crippen MR) is 133 cm³/mol. The molecule has 1 aromatic heterocycles. The number of anilines is 3. The molecule has 0 atom stereocenters. The lowest BCUT2D eigenvalue weighted by Crippen LogP contribution is -2.03. The van der Waals surface area contributed by atoms with Gasteiger partial charge in [0.1, 0.15) is 5.82 Å². The number of para-hydroxylation sites is 1. The molecule has 3 aromatic carbocycles. The highest BCUT2D eigenvalue weighted by atomic mass is 15.1. The van der Waals surface area contributed by atoms with Crippen LogP contribution in [0.15, 0.2) is 60.7 Å². The van der Waals surface area contributed by atoms with E-state index in [9.17, 15) is 0 Å². The Bertz CT molecular complexity index is 1460. The van der Waals surface area contributed by atoms with Crippen molar-refractivity contribution < 1.29 is 0 Å². The van der Waals surface area contributed by atoms with Crippen LogP contribution < -0.4 is 11.1 Å². The van der Waals surface area contributed by atoms with Gasteiger partial charge in [0.05, 0.1) is 23.2 Å². The first-order valence-electron chi connectivity index (χ1n) is 10.4. The zero-order chi connectivity index (χ0) is 23.5. The maximum absolute atomic E-state index is 9.00. The van der Waals surface area contributed by atoms with Gasteiger partial charge >= 0.3 is 0 Å². The highest BCUT2D eigenvalue weighted by Crippen LogP contribution is 2.36. The number of nitrogens with two attached hydrogens (primary N) is 1. The van der Waals surface area contributed by atoms with Gasteiger partial charge in [-0.15, -0.1) is 0 Å². The van der Waals surface area contributed by atoms with Crippen molar-refractivity contribution in [2.24, 2.45) is 0 Å². The van der Waals surface area contributed by atoms with Crippen molar-refractivity contribution in [2.75, 3.05) is 11.1 Å². The van der Waals surface area contributed by atoms with Gasteiger partial charge in [0, 0.05) is 22.7 Å². The van der Waals surface area contributed by atoms with E-state index in [1.54, 1.807) is 30.3 Å². The second-order valence-electron chi connectivity index (χ2n) is 7.89. The lowest BCUT2D eigenvalue weighted by atomic mass is 9.90. The number of benzene rings is 3. The first-order chi connectivity index (χ1) is 15.9. The monoisotopic (exact) mass is 430 g/mol. The van der Waals surface area contributed by atoms with Gasteiger partial charge in [-0.25, -0.2) is 4.98 Å². The molecular formula is C27H22N6. The van der Waals surface area contributed by atoms with Crippen molar-refractivity contribution in [3.8, 4) is 23.3 Å². The summed E-state index contributed by atoms with van der Waals surface area (Å²) in [4.78, 5) is 9.23. The van der Waals surface area contributed by atoms with E-state index in [0.717, 1.165) is 50.0 Å². The van der Waals surface area contributed by atoms with Crippen LogP contribution in [0.2, 0.25) is 0 Å². The van der Waals surface area contributed by atoms with Crippen molar-refractivity contribution >= 4 is 33.9 Å². The number of nitrogen functional groups attached to an aromatic ring is 1. The van der Waals surface area contributed by atoms with E-state index < -0.39 is 0 Å². The molecular weight excluding hydrogens is 408 g/mol. The highest BCUT2D eigenvalue weighted by Gasteiger charge is 2.15. The average Bonchev–Trinajstić information content (AvgIpc) is 2.79. The molecule has 0 aliphatic rings. The van der Waals surface area contributed by atoms with E-state index in [1.165, 1.54) is 0 Å². The first-order valence-corrected chi connectivity index (χ1v) is 10.4. The smallest absolute Gasteiger partial charge is 0.229 e. The summed E-state index contributed by atoms with van der Waals surface area (Å²) in [6, 6.07) is 21.4. The SMILES string of the molecule is C/C(=C\C#N)c1cc(C)c(-c2cccc3c(N)nc(Nc4ccc(C#N)cc4)nc23)c(C)c1. The van der Waals surface area contributed by atoms with E-state index in [0.29, 0.717) is 17.3 Å². The Morgan fingerprint density at radius 1 is 1.00 bits per heavy atom. The Labute approximate surface area is 192 Å². The van der Waals surface area contributed by atoms with E-state index in [4.69, 9.17) is 21.2 Å². The van der Waals surface area contributed by atoms with Crippen LogP contribution in [0.25, 0.3) is 27.6 Å². The molecule has 0 unspecified atom stereocenters. The molecule has 0 aliphatic carbocycles. The summed E-state index contributed by atoms with van der Waals surface area (Å²) in [7, 11) is 0. The molecule has 0 aliphatic heterocycles. The molecule has 33 heavy (non-hydrogen) atoms. The topological polar surface area (TPSA) is 111 Å². The molecule has 0 saturated heterocycles. The van der Waals surface area contributed by atoms with Crippen LogP contribution in [0.3, 0.4) is 0 Å². The van der Waals surface area contributed by atoms with Gasteiger partial charge in [0.25, 0.3) is 0 Å². The molecule has 0 amide bonds. The van der Waals surface area contributed by atoms with Crippen LogP contribution in [-0.4, -0.2) is 9.97 Å². The number of allylic oxidation sites excluding steroid dienone is 2. The third kappa shape index (κ3) is 4.23. The number of rotatable bonds is 4. The van der Waals surface area contributed by atoms with Crippen molar-refractivity contribution in [3.05, 3.63) is 82.9 Å². The molecule has 6 nitrogen and oxygen atoms in total. The van der Waals surface area contributed by atoms with E-state index in [1.807, 2.05) is 25.1 Å². The minimum atomic E-state index is 0.386. The summed E-state index contributed by atoms with van der Waals surface area (Å²) in [5.74, 6) is 0.773. The fourth-order valence-electron chi connectivity index (χ4n) is 3.99. The van der Waals surface area contributed by atoms with Crippen molar-refractivity contribution in [1.29, 1.82) is 10.5 Å². The number of nitrogens with zero attached hydrogens (tertiary/aromatic N) is 4. The number of nitrogens with one attached hydrogen (secondary N) is 1. The number of hydrogen-bond donors (Lipinski definition) is 2. The Balaban J connectivity index is 1.84. The highest BCUT2D eigenvalue weighted by molar-refractivity contribution is 6.00. The van der Waals surface area contributed by atoms with E-state index in [2.05, 4.69) is 48.4 Å². The fourth-order valence-corrected chi connectivity index (χ4v) is 3.99. The maximum Gasteiger partial charge on any atom is 0.229 e. The number of nitriles is 2. The van der Waals surface area contributed by atoms with Gasteiger partial charge < -0.3 is 11.1 Å². The third-order valence-electron chi connectivity index (χ3n) is 5.56. The molecule has 3 N–H and O–H groups in total. The number of fused-ring (bicyclic) bond motifs is 1. The van der Waals surface area contributed by atoms with Crippen molar-refractivity contribution in [2.45, 2.75) is 20.8 Å². The number of aryl methyl sites for hydroxylation is 2. The standard InChI is InChI=1S/C27H22N6/c1-16(11-12-28)20-13-17(2)24(18(3)14-20)22-5-4-6-23-25(22)32-27(33-26(23)30)31-21-9-7-19(15-29)8-10-21/h4-11,13-14H,1-3H3,(H3,30,31,32,33)/b16-11+. The van der Waals surface area contributed by atoms with Crippen LogP contribution >= 0.6 is 0 Å². The van der Waals surface area contributed by atoms with Crippen LogP contribution in [0, 0.1) is 36.5 Å². The Kier molecular flexibility index (Phi) is 5.76. The van der Waals surface area contributed by atoms with Gasteiger partial charge in [-0.05, 0) is 78.9 Å². The van der Waals surface area contributed by atoms with Gasteiger partial charge in [0.2, 0.25) is 5.95 Å². The summed E-state index contributed by atoms with van der Waals surface area (Å²) in [6.45, 7) is 6.06. The maximum atomic E-state index is 9.00. The Morgan fingerprint density at radius 3 is 2.33 bits per heavy atom. The van der Waals surface area contributed by atoms with Gasteiger partial charge in [-0.3, -0.25) is 0 Å². The number of hydrogen-bond acceptors (Lipinski definition) is 6. The molecule has 160 valence electrons. The fraction of sp³-hybridized carbons (Fsp3) is 0.111. The van der Waals surface area contributed by atoms with Crippen LogP contribution in [0.5, 0.6) is 0 Å². The zero-order valence-corrected chi connectivity index (χ0v) is 18.6. The molecule has 0 radical (unpaired) electrons. The minimum Gasteiger partial charge on any atom is -0.383 e. The largest absolute Gasteiger partial charge is 0.383 e. The molecule has 4 rings (SSSR count). The second-order valence-corrected chi connectivity index (χ2v) is 7.89. The molecule has 0 spiro atoms. The van der Waals surface area contributed by atoms with Gasteiger partial charge in [0.15, 0.2) is 0 Å². The third-order valence-corrected chi connectivity index (χ3v) is 5.56. The summed E-state index contributed by atoms with van der Waals surface area (Å²) in [5, 5.41) is 22.0. The van der Waals surface area contributed by atoms with Crippen LogP contribution in [-0.2, 0) is 0 Å². The van der Waals surface area contributed by atoms with Crippen LogP contribution in [0.1, 0.15) is 29.2 Å². The zero-order valence-electron chi connectivity index (χ0n) is 18.6. The van der Waals surface area contributed by atoms with Crippen molar-refractivity contribution in [3.63, 3.8) is 0 Å². The number of aromatic nitrogens is 2. The van der Waals surface area contributed by atoms with E-state index in [-0.39, 0.29) is 0 Å². The van der Waals surface area contributed by atoms with Crippen LogP contribution in [0.4, 0.5) is 17.5 Å². The second kappa shape index (κ2) is 8.82. The van der Waals surface area contributed by atoms with Gasteiger partial charge in [-0.1, -0.05) is 24.3 Å². The lowest BCUT2D eigenvalue weighted by Gasteiger charge is -2.16. The van der Waals surface area contributed by atoms with Gasteiger partial charge in [-0.2, -0.15) is 15.5 Å². The molecule has 0 fully saturated rings. The molecule has 6 heteroatoms. The summed E-state index contributed by atoms with van der Waals surface area (Å²) >= 11 is 0. The quantitative estimate of drug-likeness (QED) is 0.382. The summed E-state index contributed by atoms with van der Waals surface area (Å²) in [5.41, 5.74) is 14.6. The Morgan fingerprint density at radius 2 is 1.70 bits per heavy atom.